The Bertz CT molecular complexity index is 442. The van der Waals surface area contributed by atoms with Crippen LogP contribution in [0.5, 0.6) is 5.75 Å². The summed E-state index contributed by atoms with van der Waals surface area (Å²) in [7, 11) is 1.43. The molecule has 0 saturated heterocycles. The second-order valence-electron chi connectivity index (χ2n) is 5.19. The van der Waals surface area contributed by atoms with Gasteiger partial charge < -0.3 is 4.74 Å². The minimum absolute atomic E-state index is 0.116. The van der Waals surface area contributed by atoms with Crippen molar-refractivity contribution in [3.63, 3.8) is 0 Å². The lowest BCUT2D eigenvalue weighted by Crippen LogP contribution is -2.15. The van der Waals surface area contributed by atoms with Crippen molar-refractivity contribution in [3.05, 3.63) is 29.6 Å². The van der Waals surface area contributed by atoms with Gasteiger partial charge in [-0.1, -0.05) is 19.1 Å². The number of ketones is 1. The number of methoxy groups -OCH3 is 1. The zero-order chi connectivity index (χ0) is 13.1. The standard InChI is InChI=1S/C15H19FO2/c1-10-6-7-11(8-10)13(17)9-12-4-3-5-14(18-2)15(12)16/h3-5,10-11H,6-9H2,1-2H3. The first-order chi connectivity index (χ1) is 8.61. The summed E-state index contributed by atoms with van der Waals surface area (Å²) < 4.78 is 18.8. The van der Waals surface area contributed by atoms with Crippen molar-refractivity contribution in [3.8, 4) is 5.75 Å². The van der Waals surface area contributed by atoms with E-state index in [-0.39, 0.29) is 23.9 Å². The highest BCUT2D eigenvalue weighted by atomic mass is 19.1. The quantitative estimate of drug-likeness (QED) is 0.818. The highest BCUT2D eigenvalue weighted by Crippen LogP contribution is 2.32. The van der Waals surface area contributed by atoms with Crippen LogP contribution in [0.3, 0.4) is 0 Å². The van der Waals surface area contributed by atoms with Gasteiger partial charge in [-0.3, -0.25) is 4.79 Å². The molecule has 1 aromatic carbocycles. The fourth-order valence-electron chi connectivity index (χ4n) is 2.68. The third-order valence-corrected chi connectivity index (χ3v) is 3.78. The summed E-state index contributed by atoms with van der Waals surface area (Å²) in [5.74, 6) is 0.700. The molecular formula is C15H19FO2. The van der Waals surface area contributed by atoms with Crippen LogP contribution in [0.2, 0.25) is 0 Å². The lowest BCUT2D eigenvalue weighted by Gasteiger charge is -2.10. The SMILES string of the molecule is COc1cccc(CC(=O)C2CCC(C)C2)c1F. The number of hydrogen-bond donors (Lipinski definition) is 0. The number of hydrogen-bond acceptors (Lipinski definition) is 2. The maximum Gasteiger partial charge on any atom is 0.168 e. The summed E-state index contributed by atoms with van der Waals surface area (Å²) in [5.41, 5.74) is 0.443. The zero-order valence-corrected chi connectivity index (χ0v) is 10.9. The van der Waals surface area contributed by atoms with Crippen LogP contribution in [0.15, 0.2) is 18.2 Å². The van der Waals surface area contributed by atoms with Crippen molar-refractivity contribution in [2.75, 3.05) is 7.11 Å². The fourth-order valence-corrected chi connectivity index (χ4v) is 2.68. The van der Waals surface area contributed by atoms with Crippen molar-refractivity contribution in [2.45, 2.75) is 32.6 Å². The Morgan fingerprint density at radius 3 is 2.83 bits per heavy atom. The molecule has 1 aromatic rings. The largest absolute Gasteiger partial charge is 0.494 e. The molecule has 0 aliphatic heterocycles. The van der Waals surface area contributed by atoms with E-state index in [4.69, 9.17) is 4.74 Å². The average molecular weight is 250 g/mol. The number of Topliss-reactive ketones (excluding diaryl/α,β-unsaturated/α-hetero) is 1. The Labute approximate surface area is 107 Å². The molecule has 2 nitrogen and oxygen atoms in total. The monoisotopic (exact) mass is 250 g/mol. The average Bonchev–Trinajstić information content (AvgIpc) is 2.78. The number of ether oxygens (including phenoxy) is 1. The molecule has 0 amide bonds. The van der Waals surface area contributed by atoms with Gasteiger partial charge in [0.2, 0.25) is 0 Å². The summed E-state index contributed by atoms with van der Waals surface area (Å²) in [4.78, 5) is 12.1. The van der Waals surface area contributed by atoms with Gasteiger partial charge in [0.15, 0.2) is 11.6 Å². The molecular weight excluding hydrogens is 231 g/mol. The van der Waals surface area contributed by atoms with E-state index in [1.165, 1.54) is 7.11 Å². The van der Waals surface area contributed by atoms with Crippen molar-refractivity contribution >= 4 is 5.78 Å². The molecule has 0 N–H and O–H groups in total. The lowest BCUT2D eigenvalue weighted by molar-refractivity contribution is -0.122. The number of benzene rings is 1. The molecule has 2 unspecified atom stereocenters. The van der Waals surface area contributed by atoms with Crippen LogP contribution in [0.1, 0.15) is 31.7 Å². The first-order valence-corrected chi connectivity index (χ1v) is 6.46. The summed E-state index contributed by atoms with van der Waals surface area (Å²) in [5, 5.41) is 0. The molecule has 1 aliphatic rings. The van der Waals surface area contributed by atoms with Gasteiger partial charge >= 0.3 is 0 Å². The molecule has 0 heterocycles. The minimum Gasteiger partial charge on any atom is -0.494 e. The van der Waals surface area contributed by atoms with Crippen molar-refractivity contribution < 1.29 is 13.9 Å². The van der Waals surface area contributed by atoms with E-state index >= 15 is 0 Å². The Morgan fingerprint density at radius 1 is 1.44 bits per heavy atom. The van der Waals surface area contributed by atoms with E-state index in [1.807, 2.05) is 0 Å². The molecule has 2 rings (SSSR count). The summed E-state index contributed by atoms with van der Waals surface area (Å²) in [6.07, 6.45) is 3.19. The molecule has 1 aliphatic carbocycles. The topological polar surface area (TPSA) is 26.3 Å². The van der Waals surface area contributed by atoms with Crippen LogP contribution >= 0.6 is 0 Å². The van der Waals surface area contributed by atoms with Crippen molar-refractivity contribution in [1.82, 2.24) is 0 Å². The maximum atomic E-state index is 13.9. The smallest absolute Gasteiger partial charge is 0.168 e. The number of carbonyl (C=O) groups is 1. The van der Waals surface area contributed by atoms with Gasteiger partial charge in [-0.15, -0.1) is 0 Å². The first kappa shape index (κ1) is 13.1. The fraction of sp³-hybridized carbons (Fsp3) is 0.533. The second-order valence-corrected chi connectivity index (χ2v) is 5.19. The number of rotatable bonds is 4. The van der Waals surface area contributed by atoms with Crippen LogP contribution in [0.4, 0.5) is 4.39 Å². The molecule has 18 heavy (non-hydrogen) atoms. The predicted octanol–water partition coefficient (Wildman–Crippen LogP) is 3.38. The van der Waals surface area contributed by atoms with E-state index in [1.54, 1.807) is 18.2 Å². The molecule has 0 spiro atoms. The zero-order valence-electron chi connectivity index (χ0n) is 10.9. The highest BCUT2D eigenvalue weighted by molar-refractivity contribution is 5.83. The van der Waals surface area contributed by atoms with Crippen LogP contribution in [0.25, 0.3) is 0 Å². The predicted molar refractivity (Wildman–Crippen MR) is 68.2 cm³/mol. The van der Waals surface area contributed by atoms with Gasteiger partial charge in [-0.25, -0.2) is 4.39 Å². The van der Waals surface area contributed by atoms with E-state index in [2.05, 4.69) is 6.92 Å². The molecule has 3 heteroatoms. The maximum absolute atomic E-state index is 13.9. The Morgan fingerprint density at radius 2 is 2.22 bits per heavy atom. The van der Waals surface area contributed by atoms with Crippen LogP contribution in [-0.4, -0.2) is 12.9 Å². The molecule has 0 aromatic heterocycles. The Kier molecular flexibility index (Phi) is 4.00. The van der Waals surface area contributed by atoms with Crippen LogP contribution < -0.4 is 4.74 Å². The van der Waals surface area contributed by atoms with Crippen LogP contribution in [-0.2, 0) is 11.2 Å². The normalized spacial score (nSPS) is 23.1. The number of halogens is 1. The van der Waals surface area contributed by atoms with Gasteiger partial charge in [0.1, 0.15) is 5.78 Å². The third kappa shape index (κ3) is 2.71. The highest BCUT2D eigenvalue weighted by Gasteiger charge is 2.27. The van der Waals surface area contributed by atoms with Crippen molar-refractivity contribution in [2.24, 2.45) is 11.8 Å². The van der Waals surface area contributed by atoms with E-state index in [0.717, 1.165) is 19.3 Å². The van der Waals surface area contributed by atoms with Gasteiger partial charge in [0, 0.05) is 12.3 Å². The molecule has 98 valence electrons. The van der Waals surface area contributed by atoms with Gasteiger partial charge in [0.25, 0.3) is 0 Å². The lowest BCUT2D eigenvalue weighted by atomic mass is 9.95. The Balaban J connectivity index is 2.07. The van der Waals surface area contributed by atoms with E-state index < -0.39 is 5.82 Å². The molecule has 0 bridgehead atoms. The minimum atomic E-state index is -0.403. The summed E-state index contributed by atoms with van der Waals surface area (Å²) in [6, 6.07) is 4.96. The van der Waals surface area contributed by atoms with Crippen molar-refractivity contribution in [1.29, 1.82) is 0 Å². The van der Waals surface area contributed by atoms with Gasteiger partial charge in [-0.05, 0) is 36.8 Å². The molecule has 1 saturated carbocycles. The second kappa shape index (κ2) is 5.51. The van der Waals surface area contributed by atoms with E-state index in [0.29, 0.717) is 11.5 Å². The molecule has 2 atom stereocenters. The van der Waals surface area contributed by atoms with E-state index in [9.17, 15) is 9.18 Å². The third-order valence-electron chi connectivity index (χ3n) is 3.78. The Hall–Kier alpha value is -1.38. The van der Waals surface area contributed by atoms with Gasteiger partial charge in [-0.2, -0.15) is 0 Å². The van der Waals surface area contributed by atoms with Gasteiger partial charge in [0.05, 0.1) is 7.11 Å². The number of carbonyl (C=O) groups excluding carboxylic acids is 1. The molecule has 1 fully saturated rings. The summed E-state index contributed by atoms with van der Waals surface area (Å²) in [6.45, 7) is 2.17. The summed E-state index contributed by atoms with van der Waals surface area (Å²) >= 11 is 0. The van der Waals surface area contributed by atoms with Crippen LogP contribution in [0, 0.1) is 17.7 Å². The molecule has 0 radical (unpaired) electrons. The first-order valence-electron chi connectivity index (χ1n) is 6.46.